The summed E-state index contributed by atoms with van der Waals surface area (Å²) in [6, 6.07) is 5.97. The van der Waals surface area contributed by atoms with E-state index in [-0.39, 0.29) is 11.2 Å². The molecule has 2 aromatic rings. The number of ether oxygens (including phenoxy) is 2. The number of aromatic nitrogens is 2. The highest BCUT2D eigenvalue weighted by atomic mass is 32.2. The molecule has 0 saturated heterocycles. The molecule has 134 valence electrons. The van der Waals surface area contributed by atoms with Crippen molar-refractivity contribution in [1.29, 1.82) is 0 Å². The van der Waals surface area contributed by atoms with Crippen LogP contribution in [0.5, 0.6) is 11.5 Å². The molecule has 1 atom stereocenters. The van der Waals surface area contributed by atoms with Crippen molar-refractivity contribution >= 4 is 23.5 Å². The molecular formula is C18H23N3O3S. The van der Waals surface area contributed by atoms with Crippen molar-refractivity contribution in [3.63, 3.8) is 0 Å². The highest BCUT2D eigenvalue weighted by Gasteiger charge is 2.28. The Bertz CT molecular complexity index is 760. The number of carbonyl (C=O) groups is 1. The van der Waals surface area contributed by atoms with E-state index in [1.807, 2.05) is 25.1 Å². The first-order valence-corrected chi connectivity index (χ1v) is 9.46. The van der Waals surface area contributed by atoms with Gasteiger partial charge in [0.1, 0.15) is 0 Å². The van der Waals surface area contributed by atoms with Crippen LogP contribution in [-0.2, 0) is 4.79 Å². The lowest BCUT2D eigenvalue weighted by atomic mass is 10.0. The monoisotopic (exact) mass is 361 g/mol. The zero-order valence-electron chi connectivity index (χ0n) is 14.7. The lowest BCUT2D eigenvalue weighted by molar-refractivity contribution is -0.113. The third-order valence-corrected chi connectivity index (χ3v) is 5.41. The molecule has 1 amide bonds. The number of unbranched alkanes of at least 4 members (excludes halogenated alkanes) is 1. The van der Waals surface area contributed by atoms with E-state index in [4.69, 9.17) is 9.47 Å². The van der Waals surface area contributed by atoms with Gasteiger partial charge in [-0.05, 0) is 31.0 Å². The van der Waals surface area contributed by atoms with Gasteiger partial charge in [-0.15, -0.1) is 11.8 Å². The average molecular weight is 361 g/mol. The molecule has 6 nitrogen and oxygen atoms in total. The van der Waals surface area contributed by atoms with Crippen molar-refractivity contribution < 1.29 is 14.3 Å². The van der Waals surface area contributed by atoms with Gasteiger partial charge in [-0.25, -0.2) is 0 Å². The summed E-state index contributed by atoms with van der Waals surface area (Å²) >= 11 is 1.58. The van der Waals surface area contributed by atoms with E-state index in [9.17, 15) is 4.79 Å². The van der Waals surface area contributed by atoms with Crippen LogP contribution in [0.2, 0.25) is 0 Å². The molecule has 0 unspecified atom stereocenters. The maximum atomic E-state index is 11.9. The topological polar surface area (TPSA) is 76.2 Å². The summed E-state index contributed by atoms with van der Waals surface area (Å²) in [5, 5.41) is 10.1. The number of thioether (sulfide) groups is 1. The molecular weight excluding hydrogens is 338 g/mol. The predicted octanol–water partition coefficient (Wildman–Crippen LogP) is 3.68. The van der Waals surface area contributed by atoms with Crippen molar-refractivity contribution in [2.45, 2.75) is 31.9 Å². The molecule has 0 fully saturated rings. The van der Waals surface area contributed by atoms with Crippen LogP contribution >= 0.6 is 11.8 Å². The molecule has 25 heavy (non-hydrogen) atoms. The number of methoxy groups -OCH3 is 1. The van der Waals surface area contributed by atoms with E-state index < -0.39 is 0 Å². The fourth-order valence-electron chi connectivity index (χ4n) is 2.82. The number of amides is 1. The van der Waals surface area contributed by atoms with E-state index in [2.05, 4.69) is 22.4 Å². The fourth-order valence-corrected chi connectivity index (χ4v) is 4.00. The normalized spacial score (nSPS) is 16.8. The number of hydrogen-bond donors (Lipinski definition) is 2. The van der Waals surface area contributed by atoms with Gasteiger partial charge in [-0.1, -0.05) is 19.4 Å². The zero-order chi connectivity index (χ0) is 17.8. The van der Waals surface area contributed by atoms with Crippen molar-refractivity contribution in [2.75, 3.05) is 24.8 Å². The summed E-state index contributed by atoms with van der Waals surface area (Å²) in [5.41, 5.74) is 3.03. The van der Waals surface area contributed by atoms with Gasteiger partial charge in [0.2, 0.25) is 5.91 Å². The molecule has 0 spiro atoms. The molecule has 1 aliphatic rings. The Labute approximate surface area is 151 Å². The lowest BCUT2D eigenvalue weighted by Gasteiger charge is -2.18. The lowest BCUT2D eigenvalue weighted by Crippen LogP contribution is -2.12. The van der Waals surface area contributed by atoms with Crippen LogP contribution in [0.15, 0.2) is 18.2 Å². The number of benzene rings is 1. The van der Waals surface area contributed by atoms with Crippen LogP contribution in [0.4, 0.5) is 5.82 Å². The average Bonchev–Trinajstić information content (AvgIpc) is 2.87. The molecule has 1 aromatic heterocycles. The van der Waals surface area contributed by atoms with Gasteiger partial charge in [0, 0.05) is 11.3 Å². The number of nitrogens with one attached hydrogen (secondary N) is 2. The fraction of sp³-hybridized carbons (Fsp3) is 0.444. The van der Waals surface area contributed by atoms with E-state index in [0.717, 1.165) is 35.4 Å². The van der Waals surface area contributed by atoms with E-state index >= 15 is 0 Å². The van der Waals surface area contributed by atoms with Crippen LogP contribution in [-0.4, -0.2) is 35.6 Å². The van der Waals surface area contributed by atoms with Crippen LogP contribution in [0.1, 0.15) is 41.8 Å². The number of carbonyl (C=O) groups excluding carboxylic acids is 1. The first-order valence-electron chi connectivity index (χ1n) is 8.41. The summed E-state index contributed by atoms with van der Waals surface area (Å²) in [7, 11) is 1.64. The summed E-state index contributed by atoms with van der Waals surface area (Å²) in [6.07, 6.45) is 2.09. The molecule has 2 heterocycles. The maximum Gasteiger partial charge on any atom is 0.235 e. The number of fused-ring (bicyclic) bond motifs is 1. The van der Waals surface area contributed by atoms with Gasteiger partial charge >= 0.3 is 0 Å². The molecule has 1 aliphatic heterocycles. The maximum absolute atomic E-state index is 11.9. The van der Waals surface area contributed by atoms with Gasteiger partial charge in [-0.2, -0.15) is 5.10 Å². The van der Waals surface area contributed by atoms with Crippen LogP contribution in [0, 0.1) is 6.92 Å². The second-order valence-corrected chi connectivity index (χ2v) is 7.06. The number of hydrogen-bond acceptors (Lipinski definition) is 5. The van der Waals surface area contributed by atoms with Crippen molar-refractivity contribution in [3.05, 3.63) is 35.0 Å². The molecule has 3 rings (SSSR count). The first-order chi connectivity index (χ1) is 12.1. The van der Waals surface area contributed by atoms with Gasteiger partial charge in [0.15, 0.2) is 17.3 Å². The number of aromatic amines is 1. The first kappa shape index (κ1) is 17.7. The third kappa shape index (κ3) is 3.76. The number of H-pyrrole nitrogens is 1. The summed E-state index contributed by atoms with van der Waals surface area (Å²) < 4.78 is 11.3. The van der Waals surface area contributed by atoms with Crippen molar-refractivity contribution in [3.8, 4) is 11.5 Å². The number of aryl methyl sites for hydroxylation is 1. The second-order valence-electron chi connectivity index (χ2n) is 5.96. The van der Waals surface area contributed by atoms with Crippen LogP contribution < -0.4 is 14.8 Å². The molecule has 7 heteroatoms. The number of nitrogens with zero attached hydrogens (tertiary/aromatic N) is 1. The number of anilines is 1. The quantitative estimate of drug-likeness (QED) is 0.768. The van der Waals surface area contributed by atoms with E-state index in [1.54, 1.807) is 18.9 Å². The third-order valence-electron chi connectivity index (χ3n) is 4.14. The highest BCUT2D eigenvalue weighted by Crippen LogP contribution is 2.44. The SMILES string of the molecule is CCCCOc1ccc([C@H]2SCC(=O)Nc3n[nH]c(C)c32)cc1OC. The zero-order valence-corrected chi connectivity index (χ0v) is 15.5. The summed E-state index contributed by atoms with van der Waals surface area (Å²) in [5.74, 6) is 2.42. The minimum Gasteiger partial charge on any atom is -0.493 e. The van der Waals surface area contributed by atoms with Gasteiger partial charge in [-0.3, -0.25) is 9.89 Å². The van der Waals surface area contributed by atoms with Gasteiger partial charge < -0.3 is 14.8 Å². The van der Waals surface area contributed by atoms with Crippen LogP contribution in [0.3, 0.4) is 0 Å². The Hall–Kier alpha value is -2.15. The molecule has 0 bridgehead atoms. The molecule has 0 saturated carbocycles. The number of rotatable bonds is 6. The minimum atomic E-state index is -0.0354. The standard InChI is InChI=1S/C18H23N3O3S/c1-4-5-8-24-13-7-6-12(9-14(13)23-3)17-16-11(2)20-21-18(16)19-15(22)10-25-17/h6-7,9,17H,4-5,8,10H2,1-3H3,(H2,19,20,21,22)/t17-/m1/s1. The Balaban J connectivity index is 1.93. The van der Waals surface area contributed by atoms with E-state index in [0.29, 0.717) is 23.9 Å². The highest BCUT2D eigenvalue weighted by molar-refractivity contribution is 8.00. The minimum absolute atomic E-state index is 0.00583. The Kier molecular flexibility index (Phi) is 5.53. The van der Waals surface area contributed by atoms with Gasteiger partial charge in [0.05, 0.1) is 24.7 Å². The van der Waals surface area contributed by atoms with E-state index in [1.165, 1.54) is 0 Å². The van der Waals surface area contributed by atoms with Gasteiger partial charge in [0.25, 0.3) is 0 Å². The van der Waals surface area contributed by atoms with Crippen molar-refractivity contribution in [2.24, 2.45) is 0 Å². The molecule has 1 aromatic carbocycles. The largest absolute Gasteiger partial charge is 0.493 e. The molecule has 0 radical (unpaired) electrons. The Morgan fingerprint density at radius 3 is 2.96 bits per heavy atom. The van der Waals surface area contributed by atoms with Crippen molar-refractivity contribution in [1.82, 2.24) is 10.2 Å². The molecule has 0 aliphatic carbocycles. The summed E-state index contributed by atoms with van der Waals surface area (Å²) in [4.78, 5) is 11.9. The Morgan fingerprint density at radius 1 is 1.36 bits per heavy atom. The predicted molar refractivity (Wildman–Crippen MR) is 99.7 cm³/mol. The second kappa shape index (κ2) is 7.82. The summed E-state index contributed by atoms with van der Waals surface area (Å²) in [6.45, 7) is 4.78. The van der Waals surface area contributed by atoms with Crippen LogP contribution in [0.25, 0.3) is 0 Å². The molecule has 2 N–H and O–H groups in total. The smallest absolute Gasteiger partial charge is 0.235 e. The Morgan fingerprint density at radius 2 is 2.20 bits per heavy atom.